The first-order valence-corrected chi connectivity index (χ1v) is 9.59. The molecule has 6 nitrogen and oxygen atoms in total. The quantitative estimate of drug-likeness (QED) is 0.708. The van der Waals surface area contributed by atoms with Crippen LogP contribution in [0.25, 0.3) is 0 Å². The summed E-state index contributed by atoms with van der Waals surface area (Å²) in [6.07, 6.45) is 6.84. The molecule has 3 rings (SSSR count). The van der Waals surface area contributed by atoms with Gasteiger partial charge in [-0.25, -0.2) is 0 Å². The number of piperidine rings is 1. The van der Waals surface area contributed by atoms with E-state index in [9.17, 15) is 9.59 Å². The van der Waals surface area contributed by atoms with Crippen LogP contribution in [0, 0.1) is 11.8 Å². The molecular formula is C18H32N4O2. The van der Waals surface area contributed by atoms with Gasteiger partial charge in [0.25, 0.3) is 0 Å². The highest BCUT2D eigenvalue weighted by molar-refractivity contribution is 5.82. The Morgan fingerprint density at radius 2 is 2.00 bits per heavy atom. The van der Waals surface area contributed by atoms with E-state index in [0.29, 0.717) is 12.5 Å². The molecule has 0 aromatic heterocycles. The van der Waals surface area contributed by atoms with Crippen LogP contribution in [0.5, 0.6) is 0 Å². The van der Waals surface area contributed by atoms with Crippen molar-refractivity contribution in [1.82, 2.24) is 20.4 Å². The van der Waals surface area contributed by atoms with Crippen LogP contribution in [0.1, 0.15) is 38.5 Å². The third-order valence-electron chi connectivity index (χ3n) is 5.56. The van der Waals surface area contributed by atoms with Crippen LogP contribution >= 0.6 is 0 Å². The van der Waals surface area contributed by atoms with Crippen LogP contribution in [0.4, 0.5) is 0 Å². The average Bonchev–Trinajstić information content (AvgIpc) is 3.22. The van der Waals surface area contributed by atoms with Gasteiger partial charge in [-0.2, -0.15) is 0 Å². The molecule has 0 aromatic rings. The normalized spacial score (nSPS) is 27.9. The number of carbonyl (C=O) groups excluding carboxylic acids is 2. The maximum absolute atomic E-state index is 12.3. The van der Waals surface area contributed by atoms with Gasteiger partial charge in [-0.1, -0.05) is 0 Å². The molecule has 2 amide bonds. The Bertz CT molecular complexity index is 446. The lowest BCUT2D eigenvalue weighted by atomic mass is 9.97. The molecule has 1 saturated carbocycles. The summed E-state index contributed by atoms with van der Waals surface area (Å²) in [6, 6.07) is 0.00217. The van der Waals surface area contributed by atoms with Crippen molar-refractivity contribution in [2.45, 2.75) is 44.6 Å². The van der Waals surface area contributed by atoms with E-state index in [0.717, 1.165) is 64.3 Å². The number of amides is 2. The summed E-state index contributed by atoms with van der Waals surface area (Å²) in [5.41, 5.74) is 0. The molecular weight excluding hydrogens is 304 g/mol. The Hall–Kier alpha value is -1.14. The topological polar surface area (TPSA) is 64.7 Å². The van der Waals surface area contributed by atoms with Crippen LogP contribution in [-0.4, -0.2) is 74.0 Å². The Labute approximate surface area is 145 Å². The van der Waals surface area contributed by atoms with Crippen molar-refractivity contribution in [3.63, 3.8) is 0 Å². The van der Waals surface area contributed by atoms with Crippen LogP contribution in [0.15, 0.2) is 0 Å². The van der Waals surface area contributed by atoms with Crippen molar-refractivity contribution in [3.05, 3.63) is 0 Å². The van der Waals surface area contributed by atoms with Gasteiger partial charge in [0.05, 0.1) is 12.6 Å². The van der Waals surface area contributed by atoms with E-state index < -0.39 is 0 Å². The Kier molecular flexibility index (Phi) is 6.11. The molecule has 136 valence electrons. The zero-order valence-electron chi connectivity index (χ0n) is 14.9. The second kappa shape index (κ2) is 8.30. The number of hydrogen-bond donors (Lipinski definition) is 2. The van der Waals surface area contributed by atoms with E-state index in [-0.39, 0.29) is 17.9 Å². The number of likely N-dealkylation sites (N-methyl/N-ethyl adjacent to an activating group) is 1. The first kappa shape index (κ1) is 17.7. The zero-order valence-corrected chi connectivity index (χ0v) is 14.9. The number of nitrogens with one attached hydrogen (secondary N) is 2. The molecule has 1 aliphatic carbocycles. The molecule has 3 aliphatic rings. The molecule has 6 heteroatoms. The summed E-state index contributed by atoms with van der Waals surface area (Å²) < 4.78 is 0. The van der Waals surface area contributed by atoms with Gasteiger partial charge in [0.2, 0.25) is 11.8 Å². The van der Waals surface area contributed by atoms with Crippen molar-refractivity contribution in [2.75, 3.05) is 46.3 Å². The Balaban J connectivity index is 1.37. The molecule has 2 heterocycles. The molecule has 2 atom stereocenters. The maximum atomic E-state index is 12.3. The lowest BCUT2D eigenvalue weighted by molar-refractivity contribution is -0.132. The number of hydrogen-bond acceptors (Lipinski definition) is 4. The van der Waals surface area contributed by atoms with Gasteiger partial charge in [-0.3, -0.25) is 14.5 Å². The van der Waals surface area contributed by atoms with Gasteiger partial charge in [0.15, 0.2) is 0 Å². The summed E-state index contributed by atoms with van der Waals surface area (Å²) in [6.45, 7) is 5.04. The van der Waals surface area contributed by atoms with E-state index in [4.69, 9.17) is 0 Å². The summed E-state index contributed by atoms with van der Waals surface area (Å²) in [5.74, 6) is 1.59. The van der Waals surface area contributed by atoms with Gasteiger partial charge < -0.3 is 15.5 Å². The number of nitrogens with zero attached hydrogens (tertiary/aromatic N) is 2. The minimum atomic E-state index is 0.00217. The third-order valence-corrected chi connectivity index (χ3v) is 5.56. The molecule has 2 aliphatic heterocycles. The predicted octanol–water partition coefficient (Wildman–Crippen LogP) is 0.435. The largest absolute Gasteiger partial charge is 0.354 e. The van der Waals surface area contributed by atoms with Crippen molar-refractivity contribution >= 4 is 11.8 Å². The summed E-state index contributed by atoms with van der Waals surface area (Å²) in [5, 5.41) is 6.34. The summed E-state index contributed by atoms with van der Waals surface area (Å²) in [7, 11) is 1.93. The van der Waals surface area contributed by atoms with Crippen molar-refractivity contribution in [2.24, 2.45) is 11.8 Å². The molecule has 0 spiro atoms. The zero-order chi connectivity index (χ0) is 16.9. The smallest absolute Gasteiger partial charge is 0.237 e. The van der Waals surface area contributed by atoms with Crippen molar-refractivity contribution in [3.8, 4) is 0 Å². The van der Waals surface area contributed by atoms with Crippen molar-refractivity contribution < 1.29 is 9.59 Å². The molecule has 2 saturated heterocycles. The van der Waals surface area contributed by atoms with Crippen molar-refractivity contribution in [1.29, 1.82) is 0 Å². The van der Waals surface area contributed by atoms with Crippen LogP contribution in [-0.2, 0) is 9.59 Å². The number of carbonyl (C=O) groups is 2. The fourth-order valence-electron chi connectivity index (χ4n) is 3.84. The van der Waals surface area contributed by atoms with E-state index >= 15 is 0 Å². The maximum Gasteiger partial charge on any atom is 0.237 e. The second-order valence-electron chi connectivity index (χ2n) is 7.86. The first-order chi connectivity index (χ1) is 11.6. The number of likely N-dealkylation sites (tertiary alicyclic amines) is 1. The Morgan fingerprint density at radius 3 is 2.71 bits per heavy atom. The standard InChI is InChI=1S/C18H32N4O2/c1-21(11-14-6-7-14)17(23)13-22-9-3-4-15(12-22)10-20-18(24)16-5-2-8-19-16/h14-16,19H,2-13H2,1H3,(H,20,24). The molecule has 3 fully saturated rings. The third kappa shape index (κ3) is 5.18. The fraction of sp³-hybridized carbons (Fsp3) is 0.889. The van der Waals surface area contributed by atoms with Crippen LogP contribution < -0.4 is 10.6 Å². The Morgan fingerprint density at radius 1 is 1.17 bits per heavy atom. The van der Waals surface area contributed by atoms with E-state index in [2.05, 4.69) is 15.5 Å². The summed E-state index contributed by atoms with van der Waals surface area (Å²) >= 11 is 0. The SMILES string of the molecule is CN(CC1CC1)C(=O)CN1CCCC(CNC(=O)C2CCCN2)C1. The predicted molar refractivity (Wildman–Crippen MR) is 93.6 cm³/mol. The lowest BCUT2D eigenvalue weighted by Crippen LogP contribution is -2.47. The van der Waals surface area contributed by atoms with Crippen LogP contribution in [0.2, 0.25) is 0 Å². The first-order valence-electron chi connectivity index (χ1n) is 9.59. The fourth-order valence-corrected chi connectivity index (χ4v) is 3.84. The average molecular weight is 336 g/mol. The van der Waals surface area contributed by atoms with Crippen LogP contribution in [0.3, 0.4) is 0 Å². The highest BCUT2D eigenvalue weighted by Gasteiger charge is 2.28. The van der Waals surface area contributed by atoms with E-state index in [1.807, 2.05) is 11.9 Å². The van der Waals surface area contributed by atoms with Gasteiger partial charge in [0, 0.05) is 26.7 Å². The van der Waals surface area contributed by atoms with Gasteiger partial charge >= 0.3 is 0 Å². The minimum absolute atomic E-state index is 0.00217. The highest BCUT2D eigenvalue weighted by atomic mass is 16.2. The molecule has 2 unspecified atom stereocenters. The number of rotatable bonds is 7. The van der Waals surface area contributed by atoms with Gasteiger partial charge in [0.1, 0.15) is 0 Å². The lowest BCUT2D eigenvalue weighted by Gasteiger charge is -2.33. The molecule has 24 heavy (non-hydrogen) atoms. The minimum Gasteiger partial charge on any atom is -0.354 e. The van der Waals surface area contributed by atoms with E-state index in [1.54, 1.807) is 0 Å². The molecule has 0 bridgehead atoms. The molecule has 0 aromatic carbocycles. The highest BCUT2D eigenvalue weighted by Crippen LogP contribution is 2.29. The second-order valence-corrected chi connectivity index (χ2v) is 7.86. The monoisotopic (exact) mass is 336 g/mol. The van der Waals surface area contributed by atoms with Gasteiger partial charge in [-0.05, 0) is 63.5 Å². The van der Waals surface area contributed by atoms with Gasteiger partial charge in [-0.15, -0.1) is 0 Å². The van der Waals surface area contributed by atoms with E-state index in [1.165, 1.54) is 12.8 Å². The molecule has 0 radical (unpaired) electrons. The summed E-state index contributed by atoms with van der Waals surface area (Å²) in [4.78, 5) is 28.6. The molecule has 2 N–H and O–H groups in total.